The third-order valence-electron chi connectivity index (χ3n) is 10.1. The monoisotopic (exact) mass is 594 g/mol. The van der Waals surface area contributed by atoms with Gasteiger partial charge in [-0.1, -0.05) is 29.8 Å². The molecule has 0 unspecified atom stereocenters. The highest BCUT2D eigenvalue weighted by molar-refractivity contribution is 7.98. The standard InChI is InChI=1S/C33H39ClN2O4S/c34-25-8-10-27-21(15-25)4-2-13-33(27)19-36-17-23-6-9-26(23)29(37)5-1-3-24-18-39-14-12-31(24)41-35-32(38)22-7-11-30(40-20-33)28(36)16-22/h1,5,7-8,10-11,15-16,23-24,26,29,31,37H,2-4,6,9,12-14,17-20H2,(H,35,38)/b5-1+/t23-,24+,26+,29-,31+,33-/m0/s1. The summed E-state index contributed by atoms with van der Waals surface area (Å²) in [6.07, 6.45) is 10.7. The Hall–Kier alpha value is -2.19. The molecule has 3 heterocycles. The van der Waals surface area contributed by atoms with Crippen molar-refractivity contribution in [3.8, 4) is 5.75 Å². The zero-order valence-electron chi connectivity index (χ0n) is 23.4. The first-order valence-corrected chi connectivity index (χ1v) is 16.4. The van der Waals surface area contributed by atoms with Crippen LogP contribution in [0.25, 0.3) is 0 Å². The van der Waals surface area contributed by atoms with Crippen LogP contribution < -0.4 is 14.4 Å². The van der Waals surface area contributed by atoms with Gasteiger partial charge in [-0.05, 0) is 116 Å². The number of nitrogens with one attached hydrogen (secondary N) is 1. The Bertz CT molecular complexity index is 1340. The first kappa shape index (κ1) is 27.6. The molecule has 2 fully saturated rings. The molecule has 1 spiro atoms. The van der Waals surface area contributed by atoms with Gasteiger partial charge in [-0.25, -0.2) is 0 Å². The molecule has 0 radical (unpaired) electrons. The van der Waals surface area contributed by atoms with Gasteiger partial charge in [-0.2, -0.15) is 0 Å². The second-order valence-corrected chi connectivity index (χ2v) is 14.1. The molecule has 1 amide bonds. The van der Waals surface area contributed by atoms with Gasteiger partial charge in [0.25, 0.3) is 5.91 Å². The summed E-state index contributed by atoms with van der Waals surface area (Å²) in [5, 5.41) is 12.3. The van der Waals surface area contributed by atoms with E-state index in [1.54, 1.807) is 0 Å². The number of anilines is 1. The zero-order valence-corrected chi connectivity index (χ0v) is 25.0. The highest BCUT2D eigenvalue weighted by Gasteiger charge is 2.44. The zero-order chi connectivity index (χ0) is 28.0. The number of amides is 1. The van der Waals surface area contributed by atoms with E-state index < -0.39 is 6.10 Å². The summed E-state index contributed by atoms with van der Waals surface area (Å²) in [6, 6.07) is 12.2. The number of aryl methyl sites for hydroxylation is 1. The first-order chi connectivity index (χ1) is 20.0. The SMILES string of the molecule is O=C1NS[C@@H]2CCOC[C@H]2C/C=C/[C@H](O)[C@@H]2CC[C@H]2CN2C[C@@]3(CCCc4cc(Cl)ccc43)COc3ccc1cc32. The van der Waals surface area contributed by atoms with E-state index in [4.69, 9.17) is 21.1 Å². The molecule has 2 aromatic carbocycles. The molecular weight excluding hydrogens is 556 g/mol. The van der Waals surface area contributed by atoms with Crippen LogP contribution >= 0.6 is 23.5 Å². The lowest BCUT2D eigenvalue weighted by molar-refractivity contribution is 0.0447. The van der Waals surface area contributed by atoms with Crippen molar-refractivity contribution in [3.05, 3.63) is 70.3 Å². The summed E-state index contributed by atoms with van der Waals surface area (Å²) in [4.78, 5) is 15.9. The normalized spacial score (nSPS) is 34.1. The van der Waals surface area contributed by atoms with E-state index in [-0.39, 0.29) is 22.5 Å². The van der Waals surface area contributed by atoms with Crippen LogP contribution in [0.1, 0.15) is 60.0 Å². The highest BCUT2D eigenvalue weighted by Crippen LogP contribution is 2.47. The molecule has 8 heteroatoms. The van der Waals surface area contributed by atoms with Gasteiger partial charge in [0.1, 0.15) is 5.75 Å². The Morgan fingerprint density at radius 2 is 2.05 bits per heavy atom. The lowest BCUT2D eigenvalue weighted by atomic mass is 9.68. The Balaban J connectivity index is 1.25. The third kappa shape index (κ3) is 5.39. The van der Waals surface area contributed by atoms with Crippen molar-refractivity contribution >= 4 is 35.1 Å². The van der Waals surface area contributed by atoms with E-state index >= 15 is 0 Å². The number of hydrogen-bond acceptors (Lipinski definition) is 6. The van der Waals surface area contributed by atoms with Gasteiger partial charge in [0.15, 0.2) is 0 Å². The van der Waals surface area contributed by atoms with Gasteiger partial charge < -0.3 is 19.5 Å². The molecule has 7 rings (SSSR count). The van der Waals surface area contributed by atoms with Crippen LogP contribution in [0, 0.1) is 17.8 Å². The van der Waals surface area contributed by atoms with E-state index in [1.165, 1.54) is 23.1 Å². The number of ether oxygens (including phenoxy) is 2. The molecule has 3 aliphatic heterocycles. The first-order valence-electron chi connectivity index (χ1n) is 15.2. The summed E-state index contributed by atoms with van der Waals surface area (Å²) in [5.74, 6) is 1.67. The van der Waals surface area contributed by atoms with Gasteiger partial charge in [-0.15, -0.1) is 0 Å². The predicted molar refractivity (Wildman–Crippen MR) is 164 cm³/mol. The van der Waals surface area contributed by atoms with Crippen molar-refractivity contribution in [1.29, 1.82) is 0 Å². The fraction of sp³-hybridized carbons (Fsp3) is 0.545. The summed E-state index contributed by atoms with van der Waals surface area (Å²) in [5.41, 5.74) is 4.12. The third-order valence-corrected chi connectivity index (χ3v) is 11.6. The molecule has 2 aliphatic carbocycles. The van der Waals surface area contributed by atoms with Crippen LogP contribution in [0.4, 0.5) is 5.69 Å². The molecule has 1 saturated carbocycles. The average Bonchev–Trinajstić information content (AvgIpc) is 3.11. The van der Waals surface area contributed by atoms with Crippen LogP contribution in [0.3, 0.4) is 0 Å². The van der Waals surface area contributed by atoms with E-state index in [0.717, 1.165) is 74.5 Å². The maximum atomic E-state index is 13.4. The maximum absolute atomic E-state index is 13.4. The number of benzene rings is 2. The molecular formula is C33H39ClN2O4S. The van der Waals surface area contributed by atoms with Crippen LogP contribution in [-0.4, -0.2) is 55.3 Å². The highest BCUT2D eigenvalue weighted by atomic mass is 35.5. The molecule has 6 atom stereocenters. The van der Waals surface area contributed by atoms with Crippen molar-refractivity contribution < 1.29 is 19.4 Å². The van der Waals surface area contributed by atoms with E-state index in [0.29, 0.717) is 37.2 Å². The molecule has 1 saturated heterocycles. The van der Waals surface area contributed by atoms with Crippen molar-refractivity contribution in [2.75, 3.05) is 37.8 Å². The molecule has 2 N–H and O–H groups in total. The average molecular weight is 595 g/mol. The van der Waals surface area contributed by atoms with Crippen molar-refractivity contribution in [2.45, 2.75) is 61.7 Å². The number of nitrogens with zero attached hydrogens (tertiary/aromatic N) is 1. The molecule has 5 aliphatic rings. The number of allylic oxidation sites excluding steroid dienone is 1. The minimum atomic E-state index is -0.447. The number of halogens is 1. The van der Waals surface area contributed by atoms with E-state index in [9.17, 15) is 9.90 Å². The number of hydrogen-bond donors (Lipinski definition) is 2. The second kappa shape index (κ2) is 11.5. The van der Waals surface area contributed by atoms with Crippen molar-refractivity contribution in [3.63, 3.8) is 0 Å². The topological polar surface area (TPSA) is 71.0 Å². The molecule has 41 heavy (non-hydrogen) atoms. The number of carbonyl (C=O) groups is 1. The Labute approximate surface area is 251 Å². The fourth-order valence-corrected chi connectivity index (χ4v) is 8.85. The fourth-order valence-electron chi connectivity index (χ4n) is 7.69. The van der Waals surface area contributed by atoms with Crippen LogP contribution in [0.15, 0.2) is 48.6 Å². The minimum absolute atomic E-state index is 0.0702. The van der Waals surface area contributed by atoms with Gasteiger partial charge in [0.2, 0.25) is 0 Å². The van der Waals surface area contributed by atoms with Crippen molar-refractivity contribution in [1.82, 2.24) is 4.72 Å². The lowest BCUT2D eigenvalue weighted by Gasteiger charge is -2.45. The largest absolute Gasteiger partial charge is 0.490 e. The Kier molecular flexibility index (Phi) is 7.74. The molecule has 0 aromatic heterocycles. The smallest absolute Gasteiger partial charge is 0.261 e. The molecule has 218 valence electrons. The number of aliphatic hydroxyl groups is 1. The Morgan fingerprint density at radius 3 is 2.93 bits per heavy atom. The Morgan fingerprint density at radius 1 is 1.12 bits per heavy atom. The number of fused-ring (bicyclic) bond motifs is 5. The summed E-state index contributed by atoms with van der Waals surface area (Å²) >= 11 is 7.93. The minimum Gasteiger partial charge on any atom is -0.490 e. The van der Waals surface area contributed by atoms with Crippen LogP contribution in [0.5, 0.6) is 5.75 Å². The van der Waals surface area contributed by atoms with Crippen molar-refractivity contribution in [2.24, 2.45) is 17.8 Å². The van der Waals surface area contributed by atoms with E-state index in [1.807, 2.05) is 30.3 Å². The molecule has 6 nitrogen and oxygen atoms in total. The lowest BCUT2D eigenvalue weighted by Crippen LogP contribution is -2.49. The summed E-state index contributed by atoms with van der Waals surface area (Å²) < 4.78 is 15.5. The second-order valence-electron chi connectivity index (χ2n) is 12.7. The number of aliphatic hydroxyl groups excluding tert-OH is 1. The summed E-state index contributed by atoms with van der Waals surface area (Å²) in [6.45, 7) is 3.63. The predicted octanol–water partition coefficient (Wildman–Crippen LogP) is 5.94. The van der Waals surface area contributed by atoms with Gasteiger partial charge in [-0.3, -0.25) is 9.52 Å². The molecule has 2 bridgehead atoms. The number of rotatable bonds is 0. The summed E-state index contributed by atoms with van der Waals surface area (Å²) in [7, 11) is 0. The van der Waals surface area contributed by atoms with Crippen LogP contribution in [-0.2, 0) is 16.6 Å². The van der Waals surface area contributed by atoms with Gasteiger partial charge in [0.05, 0.1) is 25.0 Å². The van der Waals surface area contributed by atoms with Gasteiger partial charge >= 0.3 is 0 Å². The number of carbonyl (C=O) groups excluding carboxylic acids is 1. The van der Waals surface area contributed by atoms with Crippen LogP contribution in [0.2, 0.25) is 5.02 Å². The maximum Gasteiger partial charge on any atom is 0.261 e. The molecule has 2 aromatic rings. The van der Waals surface area contributed by atoms with E-state index in [2.05, 4.69) is 27.8 Å². The van der Waals surface area contributed by atoms with Gasteiger partial charge in [0, 0.05) is 40.9 Å². The quantitative estimate of drug-likeness (QED) is 0.290.